The third-order valence-corrected chi connectivity index (χ3v) is 5.00. The Kier molecular flexibility index (Phi) is 5.20. The van der Waals surface area contributed by atoms with Gasteiger partial charge in [-0.2, -0.15) is 0 Å². The third-order valence-electron chi connectivity index (χ3n) is 3.64. The van der Waals surface area contributed by atoms with Gasteiger partial charge in [0.2, 0.25) is 5.91 Å². The van der Waals surface area contributed by atoms with Crippen molar-refractivity contribution in [1.82, 2.24) is 9.88 Å². The van der Waals surface area contributed by atoms with Gasteiger partial charge in [0.05, 0.1) is 11.9 Å². The molecule has 0 saturated carbocycles. The molecule has 1 fully saturated rings. The lowest BCUT2D eigenvalue weighted by atomic mass is 10.1. The summed E-state index contributed by atoms with van der Waals surface area (Å²) in [6.07, 6.45) is 5.16. The predicted molar refractivity (Wildman–Crippen MR) is 90.8 cm³/mol. The smallest absolute Gasteiger partial charge is 0.256 e. The van der Waals surface area contributed by atoms with Gasteiger partial charge in [0, 0.05) is 23.1 Å². The van der Waals surface area contributed by atoms with Crippen LogP contribution in [0.15, 0.2) is 44.6 Å². The molecule has 0 atom stereocenters. The largest absolute Gasteiger partial charge is 0.431 e. The lowest BCUT2D eigenvalue weighted by molar-refractivity contribution is -0.129. The van der Waals surface area contributed by atoms with E-state index in [4.69, 9.17) is 4.42 Å². The van der Waals surface area contributed by atoms with E-state index in [1.165, 1.54) is 18.2 Å². The Morgan fingerprint density at radius 3 is 2.68 bits per heavy atom. The Labute approximate surface area is 142 Å². The number of oxazole rings is 1. The number of carbonyl (C=O) groups is 1. The summed E-state index contributed by atoms with van der Waals surface area (Å²) in [6.45, 7) is 1.77. The van der Waals surface area contributed by atoms with Crippen LogP contribution in [0, 0.1) is 0 Å². The number of rotatable bonds is 4. The molecule has 1 aliphatic rings. The number of piperidine rings is 1. The fraction of sp³-hybridized carbons (Fsp3) is 0.375. The summed E-state index contributed by atoms with van der Waals surface area (Å²) >= 11 is 4.77. The van der Waals surface area contributed by atoms with E-state index in [0.29, 0.717) is 11.0 Å². The molecule has 6 heteroatoms. The monoisotopic (exact) mass is 380 g/mol. The molecule has 0 N–H and O–H groups in total. The summed E-state index contributed by atoms with van der Waals surface area (Å²) in [5, 5.41) is 0.545. The van der Waals surface area contributed by atoms with E-state index in [-0.39, 0.29) is 5.91 Å². The molecule has 3 rings (SSSR count). The number of carbonyl (C=O) groups excluding carboxylic acids is 1. The molecule has 116 valence electrons. The number of halogens is 1. The van der Waals surface area contributed by atoms with Gasteiger partial charge in [0.15, 0.2) is 5.76 Å². The number of benzene rings is 1. The van der Waals surface area contributed by atoms with Gasteiger partial charge in [-0.15, -0.1) is 0 Å². The Morgan fingerprint density at radius 1 is 1.23 bits per heavy atom. The third kappa shape index (κ3) is 3.93. The highest BCUT2D eigenvalue weighted by Gasteiger charge is 2.17. The first-order valence-electron chi connectivity index (χ1n) is 7.35. The molecule has 22 heavy (non-hydrogen) atoms. The van der Waals surface area contributed by atoms with Gasteiger partial charge < -0.3 is 9.32 Å². The van der Waals surface area contributed by atoms with Gasteiger partial charge in [0.1, 0.15) is 0 Å². The number of thioether (sulfide) groups is 1. The van der Waals surface area contributed by atoms with Gasteiger partial charge in [0.25, 0.3) is 5.22 Å². The van der Waals surface area contributed by atoms with Crippen LogP contribution in [0.1, 0.15) is 19.3 Å². The average Bonchev–Trinajstić information content (AvgIpc) is 3.03. The van der Waals surface area contributed by atoms with Crippen molar-refractivity contribution in [2.75, 3.05) is 18.8 Å². The molecule has 2 heterocycles. The zero-order valence-electron chi connectivity index (χ0n) is 12.1. The quantitative estimate of drug-likeness (QED) is 0.745. The molecule has 1 aromatic carbocycles. The molecule has 1 aromatic heterocycles. The SMILES string of the molecule is O=C(CSc1ncc(-c2ccc(Br)cc2)o1)N1CCCCC1. The van der Waals surface area contributed by atoms with E-state index in [1.54, 1.807) is 6.20 Å². The maximum Gasteiger partial charge on any atom is 0.256 e. The zero-order chi connectivity index (χ0) is 15.4. The van der Waals surface area contributed by atoms with Crippen molar-refractivity contribution in [2.45, 2.75) is 24.5 Å². The molecule has 0 unspecified atom stereocenters. The van der Waals surface area contributed by atoms with Crippen LogP contribution < -0.4 is 0 Å². The van der Waals surface area contributed by atoms with Crippen LogP contribution in [-0.2, 0) is 4.79 Å². The summed E-state index contributed by atoms with van der Waals surface area (Å²) in [4.78, 5) is 18.3. The second-order valence-electron chi connectivity index (χ2n) is 5.23. The second-order valence-corrected chi connectivity index (χ2v) is 7.07. The molecule has 0 aliphatic carbocycles. The number of likely N-dealkylation sites (tertiary alicyclic amines) is 1. The number of aromatic nitrogens is 1. The minimum atomic E-state index is 0.174. The van der Waals surface area contributed by atoms with Gasteiger partial charge >= 0.3 is 0 Å². The molecule has 1 aliphatic heterocycles. The van der Waals surface area contributed by atoms with Gasteiger partial charge in [-0.05, 0) is 31.4 Å². The number of amides is 1. The van der Waals surface area contributed by atoms with Crippen molar-refractivity contribution in [3.05, 3.63) is 34.9 Å². The maximum absolute atomic E-state index is 12.1. The fourth-order valence-corrected chi connectivity index (χ4v) is 3.40. The highest BCUT2D eigenvalue weighted by molar-refractivity contribution is 9.10. The lowest BCUT2D eigenvalue weighted by Gasteiger charge is -2.26. The normalized spacial score (nSPS) is 15.0. The summed E-state index contributed by atoms with van der Waals surface area (Å²) in [5.41, 5.74) is 0.977. The standard InChI is InChI=1S/C16H17BrN2O2S/c17-13-6-4-12(5-7-13)14-10-18-16(21-14)22-11-15(20)19-8-2-1-3-9-19/h4-7,10H,1-3,8-9,11H2. The highest BCUT2D eigenvalue weighted by atomic mass is 79.9. The minimum Gasteiger partial charge on any atom is -0.431 e. The van der Waals surface area contributed by atoms with E-state index in [9.17, 15) is 4.79 Å². The van der Waals surface area contributed by atoms with Crippen molar-refractivity contribution >= 4 is 33.6 Å². The zero-order valence-corrected chi connectivity index (χ0v) is 14.5. The Morgan fingerprint density at radius 2 is 1.95 bits per heavy atom. The fourth-order valence-electron chi connectivity index (χ4n) is 2.43. The molecule has 4 nitrogen and oxygen atoms in total. The van der Waals surface area contributed by atoms with Crippen molar-refractivity contribution < 1.29 is 9.21 Å². The highest BCUT2D eigenvalue weighted by Crippen LogP contribution is 2.26. The van der Waals surface area contributed by atoms with Gasteiger partial charge in [-0.1, -0.05) is 39.8 Å². The van der Waals surface area contributed by atoms with Crippen LogP contribution in [0.2, 0.25) is 0 Å². The lowest BCUT2D eigenvalue weighted by Crippen LogP contribution is -2.36. The molecular weight excluding hydrogens is 364 g/mol. The Hall–Kier alpha value is -1.27. The predicted octanol–water partition coefficient (Wildman–Crippen LogP) is 4.21. The molecule has 0 bridgehead atoms. The van der Waals surface area contributed by atoms with E-state index < -0.39 is 0 Å². The van der Waals surface area contributed by atoms with Crippen molar-refractivity contribution in [2.24, 2.45) is 0 Å². The van der Waals surface area contributed by atoms with Gasteiger partial charge in [-0.3, -0.25) is 4.79 Å². The van der Waals surface area contributed by atoms with Crippen LogP contribution in [-0.4, -0.2) is 34.6 Å². The summed E-state index contributed by atoms with van der Waals surface area (Å²) < 4.78 is 6.74. The summed E-state index contributed by atoms with van der Waals surface area (Å²) in [6, 6.07) is 7.87. The van der Waals surface area contributed by atoms with Crippen molar-refractivity contribution in [3.63, 3.8) is 0 Å². The maximum atomic E-state index is 12.1. The Balaban J connectivity index is 1.57. The molecule has 1 saturated heterocycles. The van der Waals surface area contributed by atoms with Crippen LogP contribution in [0.4, 0.5) is 0 Å². The molecule has 0 spiro atoms. The van der Waals surface area contributed by atoms with Crippen LogP contribution >= 0.6 is 27.7 Å². The minimum absolute atomic E-state index is 0.174. The number of nitrogens with zero attached hydrogens (tertiary/aromatic N) is 2. The molecular formula is C16H17BrN2O2S. The molecule has 1 amide bonds. The Bertz CT molecular complexity index is 636. The van der Waals surface area contributed by atoms with Crippen LogP contribution in [0.25, 0.3) is 11.3 Å². The topological polar surface area (TPSA) is 46.3 Å². The first-order valence-corrected chi connectivity index (χ1v) is 9.12. The van der Waals surface area contributed by atoms with E-state index in [0.717, 1.165) is 41.7 Å². The average molecular weight is 381 g/mol. The summed E-state index contributed by atoms with van der Waals surface area (Å²) in [7, 11) is 0. The summed E-state index contributed by atoms with van der Waals surface area (Å²) in [5.74, 6) is 1.29. The number of hydrogen-bond donors (Lipinski definition) is 0. The second kappa shape index (κ2) is 7.33. The number of hydrogen-bond acceptors (Lipinski definition) is 4. The first-order chi connectivity index (χ1) is 10.7. The van der Waals surface area contributed by atoms with Crippen molar-refractivity contribution in [3.8, 4) is 11.3 Å². The van der Waals surface area contributed by atoms with E-state index in [2.05, 4.69) is 20.9 Å². The van der Waals surface area contributed by atoms with Crippen molar-refractivity contribution in [1.29, 1.82) is 0 Å². The van der Waals surface area contributed by atoms with Gasteiger partial charge in [-0.25, -0.2) is 4.98 Å². The molecule has 0 radical (unpaired) electrons. The van der Waals surface area contributed by atoms with Crippen LogP contribution in [0.3, 0.4) is 0 Å². The van der Waals surface area contributed by atoms with E-state index >= 15 is 0 Å². The first kappa shape index (κ1) is 15.6. The van der Waals surface area contributed by atoms with E-state index in [1.807, 2.05) is 29.2 Å². The molecule has 2 aromatic rings. The van der Waals surface area contributed by atoms with Crippen LogP contribution in [0.5, 0.6) is 0 Å².